The van der Waals surface area contributed by atoms with Gasteiger partial charge in [0.05, 0.1) is 21.2 Å². The standard InChI is InChI=1S/C23H28BrN3O5S/c1-8-12(18(25)20(28)31-22(2,3)4)19-26-13(11-27(19)21(29)32-23(5,6)7)15-9-14-16(33-15)10-17(24)30-14/h9-12,25H,8H2,1-7H3/t12-/m0/s1. The number of furan rings is 1. The summed E-state index contributed by atoms with van der Waals surface area (Å²) in [5.41, 5.74) is -0.512. The number of hydrogen-bond acceptors (Lipinski definition) is 8. The van der Waals surface area contributed by atoms with Gasteiger partial charge in [0.1, 0.15) is 28.3 Å². The van der Waals surface area contributed by atoms with Crippen LogP contribution in [-0.2, 0) is 14.3 Å². The lowest BCUT2D eigenvalue weighted by atomic mass is 9.99. The predicted octanol–water partition coefficient (Wildman–Crippen LogP) is 6.76. The molecular formula is C23H28BrN3O5S. The van der Waals surface area contributed by atoms with Crippen molar-refractivity contribution in [2.24, 2.45) is 0 Å². The number of rotatable bonds is 5. The molecule has 0 fully saturated rings. The van der Waals surface area contributed by atoms with Crippen LogP contribution in [0.25, 0.3) is 20.9 Å². The molecule has 8 nitrogen and oxygen atoms in total. The summed E-state index contributed by atoms with van der Waals surface area (Å²) in [5.74, 6) is -1.24. The number of carbonyl (C=O) groups is 2. The van der Waals surface area contributed by atoms with E-state index in [9.17, 15) is 9.59 Å². The fourth-order valence-electron chi connectivity index (χ4n) is 3.14. The second kappa shape index (κ2) is 9.06. The molecule has 1 N–H and O–H groups in total. The monoisotopic (exact) mass is 537 g/mol. The Bertz CT molecular complexity index is 1180. The van der Waals surface area contributed by atoms with Crippen molar-refractivity contribution in [2.75, 3.05) is 0 Å². The van der Waals surface area contributed by atoms with Gasteiger partial charge >= 0.3 is 12.1 Å². The number of aromatic nitrogens is 2. The van der Waals surface area contributed by atoms with Gasteiger partial charge in [0.2, 0.25) is 0 Å². The van der Waals surface area contributed by atoms with E-state index >= 15 is 0 Å². The van der Waals surface area contributed by atoms with Crippen LogP contribution in [0, 0.1) is 5.41 Å². The van der Waals surface area contributed by atoms with Crippen molar-refractivity contribution in [3.63, 3.8) is 0 Å². The summed E-state index contributed by atoms with van der Waals surface area (Å²) in [6.07, 6.45) is 1.32. The van der Waals surface area contributed by atoms with Crippen LogP contribution in [0.1, 0.15) is 66.6 Å². The zero-order chi connectivity index (χ0) is 24.7. The summed E-state index contributed by atoms with van der Waals surface area (Å²) in [7, 11) is 0. The summed E-state index contributed by atoms with van der Waals surface area (Å²) in [4.78, 5) is 31.1. The van der Waals surface area contributed by atoms with Crippen LogP contribution in [0.3, 0.4) is 0 Å². The summed E-state index contributed by atoms with van der Waals surface area (Å²) in [5, 5.41) is 8.49. The number of nitrogens with one attached hydrogen (secondary N) is 1. The quantitative estimate of drug-likeness (QED) is 0.284. The maximum Gasteiger partial charge on any atom is 0.420 e. The molecule has 3 aromatic rings. The van der Waals surface area contributed by atoms with Gasteiger partial charge in [-0.15, -0.1) is 11.3 Å². The number of thiophene rings is 1. The lowest BCUT2D eigenvalue weighted by molar-refractivity contribution is -0.146. The topological polar surface area (TPSA) is 107 Å². The van der Waals surface area contributed by atoms with Crippen molar-refractivity contribution >= 4 is 55.3 Å². The highest BCUT2D eigenvalue weighted by Gasteiger charge is 2.33. The average molecular weight is 538 g/mol. The fraction of sp³-hybridized carbons (Fsp3) is 0.478. The highest BCUT2D eigenvalue weighted by molar-refractivity contribution is 9.10. The Morgan fingerprint density at radius 1 is 1.18 bits per heavy atom. The molecule has 0 spiro atoms. The van der Waals surface area contributed by atoms with E-state index in [2.05, 4.69) is 20.9 Å². The molecular weight excluding hydrogens is 510 g/mol. The first kappa shape index (κ1) is 25.2. The molecule has 0 radical (unpaired) electrons. The zero-order valence-electron chi connectivity index (χ0n) is 19.7. The number of carbonyl (C=O) groups excluding carboxylic acids is 2. The molecule has 3 aromatic heterocycles. The van der Waals surface area contributed by atoms with Gasteiger partial charge in [0.15, 0.2) is 4.67 Å². The van der Waals surface area contributed by atoms with E-state index in [4.69, 9.17) is 19.3 Å². The highest BCUT2D eigenvalue weighted by Crippen LogP contribution is 2.37. The van der Waals surface area contributed by atoms with Crippen molar-refractivity contribution in [3.8, 4) is 10.6 Å². The Morgan fingerprint density at radius 2 is 1.82 bits per heavy atom. The molecule has 178 valence electrons. The number of hydrogen-bond donors (Lipinski definition) is 1. The molecule has 0 saturated carbocycles. The predicted molar refractivity (Wildman–Crippen MR) is 131 cm³/mol. The van der Waals surface area contributed by atoms with Crippen LogP contribution in [0.4, 0.5) is 4.79 Å². The third-order valence-electron chi connectivity index (χ3n) is 4.44. The number of fused-ring (bicyclic) bond motifs is 1. The summed E-state index contributed by atoms with van der Waals surface area (Å²) in [6, 6.07) is 3.71. The Morgan fingerprint density at radius 3 is 2.36 bits per heavy atom. The Labute approximate surface area is 204 Å². The van der Waals surface area contributed by atoms with E-state index in [0.717, 1.165) is 9.58 Å². The second-order valence-electron chi connectivity index (χ2n) is 9.60. The van der Waals surface area contributed by atoms with Crippen LogP contribution in [0.15, 0.2) is 27.4 Å². The summed E-state index contributed by atoms with van der Waals surface area (Å²) < 4.78 is 19.4. The fourth-order valence-corrected chi connectivity index (χ4v) is 4.67. The molecule has 0 unspecified atom stereocenters. The van der Waals surface area contributed by atoms with Crippen LogP contribution < -0.4 is 0 Å². The summed E-state index contributed by atoms with van der Waals surface area (Å²) in [6.45, 7) is 12.4. The first-order valence-electron chi connectivity index (χ1n) is 10.5. The highest BCUT2D eigenvalue weighted by atomic mass is 79.9. The molecule has 0 aliphatic carbocycles. The average Bonchev–Trinajstić information content (AvgIpc) is 3.32. The van der Waals surface area contributed by atoms with E-state index in [1.54, 1.807) is 47.7 Å². The van der Waals surface area contributed by atoms with Crippen molar-refractivity contribution < 1.29 is 23.5 Å². The number of ether oxygens (including phenoxy) is 2. The third kappa shape index (κ3) is 5.92. The lowest BCUT2D eigenvalue weighted by Gasteiger charge is -2.23. The van der Waals surface area contributed by atoms with Gasteiger partial charge < -0.3 is 13.9 Å². The van der Waals surface area contributed by atoms with Gasteiger partial charge in [-0.25, -0.2) is 19.1 Å². The van der Waals surface area contributed by atoms with Gasteiger partial charge in [0, 0.05) is 18.3 Å². The molecule has 0 aliphatic rings. The van der Waals surface area contributed by atoms with Gasteiger partial charge in [-0.1, -0.05) is 6.92 Å². The molecule has 3 rings (SSSR count). The van der Waals surface area contributed by atoms with Crippen molar-refractivity contribution in [3.05, 3.63) is 28.8 Å². The minimum Gasteiger partial charge on any atom is -0.455 e. The second-order valence-corrected chi connectivity index (χ2v) is 11.5. The van der Waals surface area contributed by atoms with Crippen LogP contribution in [0.5, 0.6) is 0 Å². The van der Waals surface area contributed by atoms with E-state index < -0.39 is 29.2 Å². The Hall–Kier alpha value is -2.46. The van der Waals surface area contributed by atoms with Gasteiger partial charge in [-0.3, -0.25) is 5.41 Å². The molecule has 0 bridgehead atoms. The molecule has 0 aliphatic heterocycles. The first-order valence-corrected chi connectivity index (χ1v) is 12.1. The van der Waals surface area contributed by atoms with E-state index in [1.165, 1.54) is 15.9 Å². The van der Waals surface area contributed by atoms with Crippen molar-refractivity contribution in [2.45, 2.75) is 72.0 Å². The molecule has 33 heavy (non-hydrogen) atoms. The first-order chi connectivity index (χ1) is 15.2. The largest absolute Gasteiger partial charge is 0.455 e. The maximum atomic E-state index is 13.0. The Balaban J connectivity index is 2.06. The Kier molecular flexibility index (Phi) is 6.91. The number of esters is 1. The number of halogens is 1. The SMILES string of the molecule is CC[C@@H](C(=N)C(=O)OC(C)(C)C)c1nc(-c2cc3oc(Br)cc3s2)cn1C(=O)OC(C)(C)C. The molecule has 0 saturated heterocycles. The van der Waals surface area contributed by atoms with Gasteiger partial charge in [-0.2, -0.15) is 0 Å². The van der Waals surface area contributed by atoms with Crippen LogP contribution in [0.2, 0.25) is 0 Å². The van der Waals surface area contributed by atoms with Crippen molar-refractivity contribution in [1.29, 1.82) is 5.41 Å². The molecule has 0 aromatic carbocycles. The lowest BCUT2D eigenvalue weighted by Crippen LogP contribution is -2.34. The van der Waals surface area contributed by atoms with E-state index in [1.807, 2.05) is 19.1 Å². The third-order valence-corrected chi connectivity index (χ3v) is 5.92. The minimum atomic E-state index is -0.752. The van der Waals surface area contributed by atoms with Gasteiger partial charge in [0.25, 0.3) is 0 Å². The molecule has 1 atom stereocenters. The van der Waals surface area contributed by atoms with Gasteiger partial charge in [-0.05, 0) is 63.9 Å². The van der Waals surface area contributed by atoms with Crippen LogP contribution in [-0.4, -0.2) is 38.5 Å². The van der Waals surface area contributed by atoms with Crippen molar-refractivity contribution in [1.82, 2.24) is 9.55 Å². The smallest absolute Gasteiger partial charge is 0.420 e. The minimum absolute atomic E-state index is 0.254. The zero-order valence-corrected chi connectivity index (χ0v) is 22.1. The van der Waals surface area contributed by atoms with E-state index in [-0.39, 0.29) is 11.5 Å². The number of nitrogens with zero attached hydrogens (tertiary/aromatic N) is 2. The molecule has 0 amide bonds. The van der Waals surface area contributed by atoms with Crippen LogP contribution >= 0.6 is 27.3 Å². The molecule has 3 heterocycles. The number of imidazole rings is 1. The molecule has 10 heteroatoms. The maximum absolute atomic E-state index is 13.0. The van der Waals surface area contributed by atoms with E-state index in [0.29, 0.717) is 22.4 Å². The summed E-state index contributed by atoms with van der Waals surface area (Å²) >= 11 is 4.78. The normalized spacial score (nSPS) is 13.2.